The summed E-state index contributed by atoms with van der Waals surface area (Å²) >= 11 is 12.3. The van der Waals surface area contributed by atoms with Crippen LogP contribution in [0.1, 0.15) is 22.8 Å². The number of hydrogen-bond acceptors (Lipinski definition) is 5. The molecule has 0 bridgehead atoms. The van der Waals surface area contributed by atoms with E-state index in [2.05, 4.69) is 20.6 Å². The van der Waals surface area contributed by atoms with E-state index in [1.807, 2.05) is 54.6 Å². The molecule has 0 spiro atoms. The average Bonchev–Trinajstić information content (AvgIpc) is 2.80. The summed E-state index contributed by atoms with van der Waals surface area (Å²) in [4.78, 5) is 32.7. The van der Waals surface area contributed by atoms with Crippen molar-refractivity contribution in [1.29, 1.82) is 0 Å². The van der Waals surface area contributed by atoms with E-state index in [-0.39, 0.29) is 18.1 Å². The van der Waals surface area contributed by atoms with Crippen molar-refractivity contribution in [3.63, 3.8) is 0 Å². The molecule has 8 heteroatoms. The molecule has 3 aromatic carbocycles. The Morgan fingerprint density at radius 3 is 2.15 bits per heavy atom. The third-order valence-electron chi connectivity index (χ3n) is 4.97. The number of aromatic nitrogens is 2. The van der Waals surface area contributed by atoms with Crippen LogP contribution < -0.4 is 10.6 Å². The highest BCUT2D eigenvalue weighted by atomic mass is 35.5. The fourth-order valence-corrected chi connectivity index (χ4v) is 3.99. The van der Waals surface area contributed by atoms with Crippen molar-refractivity contribution in [3.05, 3.63) is 100 Å². The Morgan fingerprint density at radius 1 is 0.853 bits per heavy atom. The number of carbonyl (C=O) groups excluding carboxylic acids is 2. The van der Waals surface area contributed by atoms with Crippen molar-refractivity contribution in [2.45, 2.75) is 13.3 Å². The van der Waals surface area contributed by atoms with Crippen LogP contribution >= 0.6 is 23.2 Å². The lowest BCUT2D eigenvalue weighted by Gasteiger charge is -2.09. The molecule has 0 saturated heterocycles. The Labute approximate surface area is 207 Å². The molecular weight excluding hydrogens is 471 g/mol. The first-order valence-electron chi connectivity index (χ1n) is 10.4. The van der Waals surface area contributed by atoms with Gasteiger partial charge in [0, 0.05) is 36.5 Å². The van der Waals surface area contributed by atoms with Crippen molar-refractivity contribution < 1.29 is 9.59 Å². The highest BCUT2D eigenvalue weighted by Gasteiger charge is 2.15. The van der Waals surface area contributed by atoms with Crippen molar-refractivity contribution in [2.75, 3.05) is 10.6 Å². The zero-order chi connectivity index (χ0) is 24.1. The minimum atomic E-state index is -0.142. The van der Waals surface area contributed by atoms with Crippen LogP contribution in [-0.2, 0) is 11.2 Å². The van der Waals surface area contributed by atoms with Gasteiger partial charge in [-0.3, -0.25) is 9.59 Å². The smallest absolute Gasteiger partial charge is 0.227 e. The second-order valence-electron chi connectivity index (χ2n) is 7.54. The Morgan fingerprint density at radius 2 is 1.50 bits per heavy atom. The van der Waals surface area contributed by atoms with Gasteiger partial charge < -0.3 is 10.6 Å². The Kier molecular flexibility index (Phi) is 7.21. The standard InChI is InChI=1S/C26H20Cl2N4O2/c1-16(33)30-19-11-7-18(8-12-19)23-13-14-29-26(32-23)31-20-9-5-17(6-10-20)15-24(34)25-21(27)3-2-4-22(25)28/h2-14H,15H2,1H3,(H,30,33)(H,29,31,32). The lowest BCUT2D eigenvalue weighted by molar-refractivity contribution is -0.114. The van der Waals surface area contributed by atoms with Gasteiger partial charge in [-0.15, -0.1) is 0 Å². The average molecular weight is 491 g/mol. The molecule has 0 aliphatic heterocycles. The Bertz CT molecular complexity index is 1320. The van der Waals surface area contributed by atoms with Crippen LogP contribution in [0.4, 0.5) is 17.3 Å². The molecule has 0 radical (unpaired) electrons. The van der Waals surface area contributed by atoms with E-state index in [9.17, 15) is 9.59 Å². The van der Waals surface area contributed by atoms with Crippen LogP contribution in [0.15, 0.2) is 79.0 Å². The summed E-state index contributed by atoms with van der Waals surface area (Å²) in [6, 6.07) is 21.7. The Hall–Kier alpha value is -3.74. The van der Waals surface area contributed by atoms with Gasteiger partial charge in [-0.05, 0) is 48.0 Å². The quantitative estimate of drug-likeness (QED) is 0.286. The van der Waals surface area contributed by atoms with Crippen LogP contribution in [0.25, 0.3) is 11.3 Å². The van der Waals surface area contributed by atoms with Crippen molar-refractivity contribution in [1.82, 2.24) is 9.97 Å². The third kappa shape index (κ3) is 5.78. The number of Topliss-reactive ketones (excluding diaryl/α,β-unsaturated/α-hetero) is 1. The third-order valence-corrected chi connectivity index (χ3v) is 5.60. The van der Waals surface area contributed by atoms with Crippen LogP contribution in [0.2, 0.25) is 10.0 Å². The van der Waals surface area contributed by atoms with Gasteiger partial charge in [0.05, 0.1) is 21.3 Å². The van der Waals surface area contributed by atoms with Gasteiger partial charge in [0.1, 0.15) is 0 Å². The molecule has 4 aromatic rings. The number of hydrogen-bond donors (Lipinski definition) is 2. The maximum atomic E-state index is 12.7. The lowest BCUT2D eigenvalue weighted by Crippen LogP contribution is -2.05. The van der Waals surface area contributed by atoms with Crippen LogP contribution in [-0.4, -0.2) is 21.7 Å². The molecule has 1 amide bonds. The van der Waals surface area contributed by atoms with E-state index in [0.29, 0.717) is 21.6 Å². The van der Waals surface area contributed by atoms with Gasteiger partial charge in [0.2, 0.25) is 11.9 Å². The second kappa shape index (κ2) is 10.5. The number of nitrogens with one attached hydrogen (secondary N) is 2. The molecule has 0 fully saturated rings. The molecule has 34 heavy (non-hydrogen) atoms. The molecule has 2 N–H and O–H groups in total. The number of ketones is 1. The maximum absolute atomic E-state index is 12.7. The van der Waals surface area contributed by atoms with Crippen LogP contribution in [0.3, 0.4) is 0 Å². The number of carbonyl (C=O) groups is 2. The summed E-state index contributed by atoms with van der Waals surface area (Å²) in [5.74, 6) is 0.177. The van der Waals surface area contributed by atoms with E-state index < -0.39 is 0 Å². The predicted molar refractivity (Wildman–Crippen MR) is 136 cm³/mol. The predicted octanol–water partition coefficient (Wildman–Crippen LogP) is 6.58. The Balaban J connectivity index is 1.44. The minimum absolute atomic E-state index is 0.121. The molecule has 0 unspecified atom stereocenters. The molecule has 0 saturated carbocycles. The van der Waals surface area contributed by atoms with Gasteiger partial charge in [0.15, 0.2) is 5.78 Å². The normalized spacial score (nSPS) is 10.6. The van der Waals surface area contributed by atoms with E-state index in [1.165, 1.54) is 6.92 Å². The van der Waals surface area contributed by atoms with Crippen molar-refractivity contribution in [3.8, 4) is 11.3 Å². The summed E-state index contributed by atoms with van der Waals surface area (Å²) < 4.78 is 0. The SMILES string of the molecule is CC(=O)Nc1ccc(-c2ccnc(Nc3ccc(CC(=O)c4c(Cl)cccc4Cl)cc3)n2)cc1. The van der Waals surface area contributed by atoms with Crippen molar-refractivity contribution >= 4 is 52.2 Å². The van der Waals surface area contributed by atoms with Gasteiger partial charge in [-0.25, -0.2) is 9.97 Å². The van der Waals surface area contributed by atoms with Gasteiger partial charge in [0.25, 0.3) is 0 Å². The van der Waals surface area contributed by atoms with E-state index in [0.717, 1.165) is 28.2 Å². The van der Waals surface area contributed by atoms with E-state index in [4.69, 9.17) is 23.2 Å². The fourth-order valence-electron chi connectivity index (χ4n) is 3.38. The zero-order valence-electron chi connectivity index (χ0n) is 18.2. The summed E-state index contributed by atoms with van der Waals surface area (Å²) in [5.41, 5.74) is 4.31. The van der Waals surface area contributed by atoms with Gasteiger partial charge in [-0.1, -0.05) is 53.5 Å². The summed E-state index contributed by atoms with van der Waals surface area (Å²) in [5, 5.41) is 6.61. The second-order valence-corrected chi connectivity index (χ2v) is 8.36. The molecule has 0 atom stereocenters. The minimum Gasteiger partial charge on any atom is -0.326 e. The summed E-state index contributed by atoms with van der Waals surface area (Å²) in [7, 11) is 0. The molecule has 6 nitrogen and oxygen atoms in total. The molecule has 170 valence electrons. The zero-order valence-corrected chi connectivity index (χ0v) is 19.7. The number of amides is 1. The first kappa shape index (κ1) is 23.4. The molecule has 1 aromatic heterocycles. The molecule has 4 rings (SSSR count). The molecular formula is C26H20Cl2N4O2. The topological polar surface area (TPSA) is 84.0 Å². The summed E-state index contributed by atoms with van der Waals surface area (Å²) in [6.45, 7) is 1.47. The number of nitrogens with zero attached hydrogens (tertiary/aromatic N) is 2. The number of halogens is 2. The molecule has 0 aliphatic rings. The maximum Gasteiger partial charge on any atom is 0.227 e. The largest absolute Gasteiger partial charge is 0.326 e. The van der Waals surface area contributed by atoms with Gasteiger partial charge in [-0.2, -0.15) is 0 Å². The molecule has 0 aliphatic carbocycles. The van der Waals surface area contributed by atoms with Crippen LogP contribution in [0, 0.1) is 0 Å². The number of benzene rings is 3. The first-order valence-corrected chi connectivity index (χ1v) is 11.2. The van der Waals surface area contributed by atoms with Crippen molar-refractivity contribution in [2.24, 2.45) is 0 Å². The fraction of sp³-hybridized carbons (Fsp3) is 0.0769. The number of rotatable bonds is 7. The number of anilines is 3. The highest BCUT2D eigenvalue weighted by molar-refractivity contribution is 6.39. The van der Waals surface area contributed by atoms with Crippen LogP contribution in [0.5, 0.6) is 0 Å². The van der Waals surface area contributed by atoms with Gasteiger partial charge >= 0.3 is 0 Å². The lowest BCUT2D eigenvalue weighted by atomic mass is 10.0. The monoisotopic (exact) mass is 490 g/mol. The van der Waals surface area contributed by atoms with E-state index in [1.54, 1.807) is 24.4 Å². The highest BCUT2D eigenvalue weighted by Crippen LogP contribution is 2.26. The molecule has 1 heterocycles. The first-order chi connectivity index (χ1) is 16.4. The van der Waals surface area contributed by atoms with E-state index >= 15 is 0 Å². The summed E-state index contributed by atoms with van der Waals surface area (Å²) in [6.07, 6.45) is 1.86.